The fourth-order valence-corrected chi connectivity index (χ4v) is 2.52. The van der Waals surface area contributed by atoms with Crippen LogP contribution in [0.5, 0.6) is 0 Å². The zero-order valence-electron chi connectivity index (χ0n) is 13.0. The number of anilines is 1. The molecule has 0 saturated carbocycles. The molecule has 2 aromatic rings. The van der Waals surface area contributed by atoms with E-state index in [1.807, 2.05) is 30.3 Å². The zero-order valence-corrected chi connectivity index (χ0v) is 13.0. The van der Waals surface area contributed by atoms with Gasteiger partial charge in [-0.05, 0) is 11.6 Å². The van der Waals surface area contributed by atoms with Crippen LogP contribution in [0.25, 0.3) is 0 Å². The molecule has 1 saturated heterocycles. The standard InChI is InChI=1S/C17H17FN4O2/c1-2-15(23)21-11-17(18,12-21)16(24)20-14-8-19-22(10-14)9-13-6-4-3-5-7-13/h2-8,10H,1,9,11-12H2,(H,20,24). The third-order valence-corrected chi connectivity index (χ3v) is 3.85. The highest BCUT2D eigenvalue weighted by Gasteiger charge is 2.51. The number of halogens is 1. The Kier molecular flexibility index (Phi) is 4.16. The van der Waals surface area contributed by atoms with E-state index in [4.69, 9.17) is 0 Å². The quantitative estimate of drug-likeness (QED) is 0.848. The molecular weight excluding hydrogens is 311 g/mol. The Balaban J connectivity index is 1.58. The van der Waals surface area contributed by atoms with Gasteiger partial charge in [-0.1, -0.05) is 36.9 Å². The minimum absolute atomic E-state index is 0.262. The summed E-state index contributed by atoms with van der Waals surface area (Å²) in [6.07, 6.45) is 4.21. The number of nitrogens with one attached hydrogen (secondary N) is 1. The Labute approximate surface area is 138 Å². The fraction of sp³-hybridized carbons (Fsp3) is 0.235. The van der Waals surface area contributed by atoms with Crippen LogP contribution in [0.3, 0.4) is 0 Å². The van der Waals surface area contributed by atoms with Gasteiger partial charge in [-0.3, -0.25) is 14.3 Å². The molecule has 1 aromatic carbocycles. The van der Waals surface area contributed by atoms with Crippen molar-refractivity contribution in [3.05, 3.63) is 60.9 Å². The van der Waals surface area contributed by atoms with Crippen LogP contribution in [0.2, 0.25) is 0 Å². The molecule has 3 rings (SSSR count). The first-order valence-electron chi connectivity index (χ1n) is 7.48. The first-order chi connectivity index (χ1) is 11.5. The molecule has 24 heavy (non-hydrogen) atoms. The van der Waals surface area contributed by atoms with Crippen LogP contribution in [-0.4, -0.2) is 45.3 Å². The van der Waals surface area contributed by atoms with Crippen molar-refractivity contribution in [1.29, 1.82) is 0 Å². The molecular formula is C17H17FN4O2. The van der Waals surface area contributed by atoms with E-state index in [2.05, 4.69) is 17.0 Å². The molecule has 2 amide bonds. The zero-order chi connectivity index (χ0) is 17.2. The van der Waals surface area contributed by atoms with Gasteiger partial charge < -0.3 is 10.2 Å². The van der Waals surface area contributed by atoms with Gasteiger partial charge in [0.05, 0.1) is 31.5 Å². The summed E-state index contributed by atoms with van der Waals surface area (Å²) in [4.78, 5) is 24.6. The van der Waals surface area contributed by atoms with Gasteiger partial charge in [-0.25, -0.2) is 4.39 Å². The number of carbonyl (C=O) groups excluding carboxylic acids is 2. The minimum atomic E-state index is -2.07. The van der Waals surface area contributed by atoms with E-state index in [0.29, 0.717) is 12.2 Å². The number of nitrogens with zero attached hydrogens (tertiary/aromatic N) is 3. The molecule has 0 aliphatic carbocycles. The van der Waals surface area contributed by atoms with Crippen molar-refractivity contribution in [2.75, 3.05) is 18.4 Å². The van der Waals surface area contributed by atoms with Crippen LogP contribution in [0.15, 0.2) is 55.4 Å². The number of aromatic nitrogens is 2. The predicted molar refractivity (Wildman–Crippen MR) is 87.0 cm³/mol. The minimum Gasteiger partial charge on any atom is -0.331 e. The number of hydrogen-bond donors (Lipinski definition) is 1. The van der Waals surface area contributed by atoms with Crippen LogP contribution in [0, 0.1) is 0 Å². The summed E-state index contributed by atoms with van der Waals surface area (Å²) < 4.78 is 16.1. The Morgan fingerprint density at radius 3 is 2.71 bits per heavy atom. The molecule has 0 bridgehead atoms. The lowest BCUT2D eigenvalue weighted by atomic mass is 9.95. The maximum absolute atomic E-state index is 14.4. The van der Waals surface area contributed by atoms with E-state index < -0.39 is 11.6 Å². The summed E-state index contributed by atoms with van der Waals surface area (Å²) in [5.74, 6) is -1.15. The van der Waals surface area contributed by atoms with Gasteiger partial charge >= 0.3 is 0 Å². The Morgan fingerprint density at radius 1 is 1.33 bits per heavy atom. The lowest BCUT2D eigenvalue weighted by Gasteiger charge is -2.42. The van der Waals surface area contributed by atoms with Crippen LogP contribution >= 0.6 is 0 Å². The summed E-state index contributed by atoms with van der Waals surface area (Å²) in [6.45, 7) is 3.37. The van der Waals surface area contributed by atoms with Crippen molar-refractivity contribution < 1.29 is 14.0 Å². The van der Waals surface area contributed by atoms with Gasteiger partial charge in [-0.15, -0.1) is 0 Å². The molecule has 6 nitrogen and oxygen atoms in total. The van der Waals surface area contributed by atoms with Gasteiger partial charge in [0, 0.05) is 6.20 Å². The number of likely N-dealkylation sites (tertiary alicyclic amines) is 1. The van der Waals surface area contributed by atoms with Crippen LogP contribution < -0.4 is 5.32 Å². The highest BCUT2D eigenvalue weighted by atomic mass is 19.1. The second-order valence-electron chi connectivity index (χ2n) is 5.73. The number of benzene rings is 1. The molecule has 1 aliphatic heterocycles. The smallest absolute Gasteiger partial charge is 0.265 e. The summed E-state index contributed by atoms with van der Waals surface area (Å²) in [5, 5.41) is 6.66. The Bertz CT molecular complexity index is 766. The molecule has 1 aromatic heterocycles. The molecule has 0 unspecified atom stereocenters. The van der Waals surface area contributed by atoms with E-state index in [9.17, 15) is 14.0 Å². The maximum Gasteiger partial charge on any atom is 0.265 e. The summed E-state index contributed by atoms with van der Waals surface area (Å²) >= 11 is 0. The summed E-state index contributed by atoms with van der Waals surface area (Å²) in [7, 11) is 0. The van der Waals surface area contributed by atoms with Gasteiger partial charge in [0.1, 0.15) is 0 Å². The Morgan fingerprint density at radius 2 is 2.04 bits per heavy atom. The number of amides is 2. The number of hydrogen-bond acceptors (Lipinski definition) is 3. The van der Waals surface area contributed by atoms with E-state index in [1.165, 1.54) is 11.1 Å². The van der Waals surface area contributed by atoms with E-state index in [0.717, 1.165) is 11.6 Å². The monoisotopic (exact) mass is 328 g/mol. The van der Waals surface area contributed by atoms with Crippen LogP contribution in [0.1, 0.15) is 5.56 Å². The van der Waals surface area contributed by atoms with E-state index in [1.54, 1.807) is 10.9 Å². The first-order valence-corrected chi connectivity index (χ1v) is 7.48. The normalized spacial score (nSPS) is 15.5. The molecule has 124 valence electrons. The highest BCUT2D eigenvalue weighted by Crippen LogP contribution is 2.27. The topological polar surface area (TPSA) is 67.2 Å². The fourth-order valence-electron chi connectivity index (χ4n) is 2.52. The molecule has 0 spiro atoms. The van der Waals surface area contributed by atoms with Gasteiger partial charge in [0.2, 0.25) is 11.6 Å². The van der Waals surface area contributed by atoms with Crippen molar-refractivity contribution in [3.8, 4) is 0 Å². The summed E-state index contributed by atoms with van der Waals surface area (Å²) in [5.41, 5.74) is -0.584. The summed E-state index contributed by atoms with van der Waals surface area (Å²) in [6, 6.07) is 9.73. The highest BCUT2D eigenvalue weighted by molar-refractivity contribution is 6.00. The molecule has 2 heterocycles. The second-order valence-corrected chi connectivity index (χ2v) is 5.73. The van der Waals surface area contributed by atoms with Gasteiger partial charge in [0.25, 0.3) is 5.91 Å². The SMILES string of the molecule is C=CC(=O)N1CC(F)(C(=O)Nc2cnn(Cc3ccccc3)c2)C1. The molecule has 7 heteroatoms. The average Bonchev–Trinajstić information content (AvgIpc) is 2.99. The maximum atomic E-state index is 14.4. The lowest BCUT2D eigenvalue weighted by Crippen LogP contribution is -2.65. The van der Waals surface area contributed by atoms with Gasteiger partial charge in [0.15, 0.2) is 0 Å². The van der Waals surface area contributed by atoms with Crippen molar-refractivity contribution in [2.24, 2.45) is 0 Å². The second kappa shape index (κ2) is 6.27. The number of rotatable bonds is 5. The third kappa shape index (κ3) is 3.19. The molecule has 1 fully saturated rings. The van der Waals surface area contributed by atoms with Crippen LogP contribution in [-0.2, 0) is 16.1 Å². The first kappa shape index (κ1) is 15.9. The van der Waals surface area contributed by atoms with Crippen LogP contribution in [0.4, 0.5) is 10.1 Å². The van der Waals surface area contributed by atoms with Crippen molar-refractivity contribution in [3.63, 3.8) is 0 Å². The molecule has 0 atom stereocenters. The van der Waals surface area contributed by atoms with Crippen molar-refractivity contribution in [1.82, 2.24) is 14.7 Å². The third-order valence-electron chi connectivity index (χ3n) is 3.85. The number of alkyl halides is 1. The lowest BCUT2D eigenvalue weighted by molar-refractivity contribution is -0.150. The van der Waals surface area contributed by atoms with E-state index in [-0.39, 0.29) is 19.0 Å². The Hall–Kier alpha value is -2.96. The number of carbonyl (C=O) groups is 2. The van der Waals surface area contributed by atoms with Crippen molar-refractivity contribution >= 4 is 17.5 Å². The largest absolute Gasteiger partial charge is 0.331 e. The van der Waals surface area contributed by atoms with E-state index >= 15 is 0 Å². The van der Waals surface area contributed by atoms with Crippen molar-refractivity contribution in [2.45, 2.75) is 12.2 Å². The predicted octanol–water partition coefficient (Wildman–Crippen LogP) is 1.61. The molecule has 0 radical (unpaired) electrons. The molecule has 1 N–H and O–H groups in total. The molecule has 1 aliphatic rings. The average molecular weight is 328 g/mol. The van der Waals surface area contributed by atoms with Gasteiger partial charge in [-0.2, -0.15) is 5.10 Å².